The number of nitrogens with one attached hydrogen (secondary N) is 1. The van der Waals surface area contributed by atoms with E-state index < -0.39 is 17.6 Å². The molecular formula is C24H23F3N2O2S2. The molecule has 0 aliphatic carbocycles. The summed E-state index contributed by atoms with van der Waals surface area (Å²) in [7, 11) is 0. The highest BCUT2D eigenvalue weighted by Crippen LogP contribution is 2.33. The summed E-state index contributed by atoms with van der Waals surface area (Å²) in [6, 6.07) is 12.3. The number of carbonyl (C=O) groups excluding carboxylic acids is 2. The first-order valence-corrected chi connectivity index (χ1v) is 11.4. The van der Waals surface area contributed by atoms with Crippen molar-refractivity contribution in [3.05, 3.63) is 70.1 Å². The molecule has 4 nitrogen and oxygen atoms in total. The zero-order chi connectivity index (χ0) is 24.4. The van der Waals surface area contributed by atoms with E-state index in [1.165, 1.54) is 22.6 Å². The van der Waals surface area contributed by atoms with Gasteiger partial charge < -0.3 is 5.32 Å². The van der Waals surface area contributed by atoms with Crippen LogP contribution in [0.2, 0.25) is 0 Å². The van der Waals surface area contributed by atoms with Crippen molar-refractivity contribution in [2.45, 2.75) is 38.8 Å². The van der Waals surface area contributed by atoms with Crippen molar-refractivity contribution in [2.75, 3.05) is 11.9 Å². The van der Waals surface area contributed by atoms with E-state index >= 15 is 0 Å². The average Bonchev–Trinajstić information content (AvgIpc) is 2.98. The third-order valence-electron chi connectivity index (χ3n) is 4.98. The number of thiocarbonyl (C=S) groups is 1. The number of thioether (sulfide) groups is 1. The molecule has 0 atom stereocenters. The summed E-state index contributed by atoms with van der Waals surface area (Å²) >= 11 is 6.45. The van der Waals surface area contributed by atoms with Crippen molar-refractivity contribution in [3.63, 3.8) is 0 Å². The number of hydrogen-bond acceptors (Lipinski definition) is 4. The van der Waals surface area contributed by atoms with Gasteiger partial charge in [-0.15, -0.1) is 0 Å². The minimum Gasteiger partial charge on any atom is -0.326 e. The number of hydrogen-bond donors (Lipinski definition) is 1. The van der Waals surface area contributed by atoms with Crippen molar-refractivity contribution < 1.29 is 22.8 Å². The number of amides is 2. The summed E-state index contributed by atoms with van der Waals surface area (Å²) in [4.78, 5) is 26.8. The molecule has 1 aliphatic heterocycles. The Hall–Kier alpha value is -2.65. The van der Waals surface area contributed by atoms with Crippen LogP contribution in [-0.4, -0.2) is 27.6 Å². The molecule has 1 heterocycles. The number of carbonyl (C=O) groups is 2. The zero-order valence-corrected chi connectivity index (χ0v) is 20.0. The molecule has 0 aromatic heterocycles. The van der Waals surface area contributed by atoms with Gasteiger partial charge in [0.25, 0.3) is 5.91 Å². The Bertz CT molecular complexity index is 1100. The van der Waals surface area contributed by atoms with Crippen LogP contribution in [0.5, 0.6) is 0 Å². The quantitative estimate of drug-likeness (QED) is 0.397. The second-order valence-electron chi connectivity index (χ2n) is 8.58. The number of anilines is 1. The maximum Gasteiger partial charge on any atom is 0.416 e. The number of benzene rings is 2. The van der Waals surface area contributed by atoms with Gasteiger partial charge in [-0.2, -0.15) is 13.2 Å². The van der Waals surface area contributed by atoms with Crippen LogP contribution < -0.4 is 5.32 Å². The molecule has 0 bridgehead atoms. The second-order valence-corrected chi connectivity index (χ2v) is 10.3. The number of nitrogens with zero attached hydrogens (tertiary/aromatic N) is 1. The van der Waals surface area contributed by atoms with Crippen LogP contribution in [0.25, 0.3) is 6.08 Å². The summed E-state index contributed by atoms with van der Waals surface area (Å²) < 4.78 is 38.8. The Labute approximate surface area is 200 Å². The van der Waals surface area contributed by atoms with Gasteiger partial charge in [0.05, 0.1) is 10.5 Å². The molecule has 3 rings (SSSR count). The maximum atomic E-state index is 12.8. The predicted molar refractivity (Wildman–Crippen MR) is 130 cm³/mol. The second kappa shape index (κ2) is 9.69. The fourth-order valence-electron chi connectivity index (χ4n) is 3.13. The summed E-state index contributed by atoms with van der Waals surface area (Å²) in [6.45, 7) is 6.40. The van der Waals surface area contributed by atoms with Gasteiger partial charge in [-0.25, -0.2) is 0 Å². The molecule has 2 aromatic rings. The van der Waals surface area contributed by atoms with Gasteiger partial charge in [-0.1, -0.05) is 75.1 Å². The van der Waals surface area contributed by atoms with E-state index in [1.54, 1.807) is 6.08 Å². The first-order chi connectivity index (χ1) is 15.3. The molecule has 2 amide bonds. The van der Waals surface area contributed by atoms with Crippen molar-refractivity contribution in [1.82, 2.24) is 4.90 Å². The molecule has 0 spiro atoms. The van der Waals surface area contributed by atoms with E-state index in [0.717, 1.165) is 29.5 Å². The Balaban J connectivity index is 1.61. The molecule has 1 N–H and O–H groups in total. The normalized spacial score (nSPS) is 15.9. The van der Waals surface area contributed by atoms with Crippen molar-refractivity contribution in [1.29, 1.82) is 0 Å². The summed E-state index contributed by atoms with van der Waals surface area (Å²) in [5.41, 5.74) is 1.26. The minimum atomic E-state index is -4.50. The lowest BCUT2D eigenvalue weighted by Gasteiger charge is -2.18. The molecule has 33 heavy (non-hydrogen) atoms. The van der Waals surface area contributed by atoms with E-state index in [4.69, 9.17) is 12.2 Å². The summed E-state index contributed by atoms with van der Waals surface area (Å²) in [5, 5.41) is 2.43. The van der Waals surface area contributed by atoms with E-state index in [0.29, 0.717) is 9.23 Å². The van der Waals surface area contributed by atoms with Crippen LogP contribution >= 0.6 is 24.0 Å². The van der Waals surface area contributed by atoms with Gasteiger partial charge in [0.1, 0.15) is 4.32 Å². The van der Waals surface area contributed by atoms with Gasteiger partial charge in [0, 0.05) is 18.7 Å². The lowest BCUT2D eigenvalue weighted by Crippen LogP contribution is -2.31. The molecule has 0 unspecified atom stereocenters. The van der Waals surface area contributed by atoms with Gasteiger partial charge in [-0.05, 0) is 40.8 Å². The summed E-state index contributed by atoms with van der Waals surface area (Å²) in [5.74, 6) is -0.804. The van der Waals surface area contributed by atoms with Gasteiger partial charge in [0.2, 0.25) is 5.91 Å². The highest BCUT2D eigenvalue weighted by atomic mass is 32.2. The highest BCUT2D eigenvalue weighted by Gasteiger charge is 2.32. The molecule has 1 saturated heterocycles. The van der Waals surface area contributed by atoms with Crippen LogP contribution in [0.15, 0.2) is 53.4 Å². The van der Waals surface area contributed by atoms with Crippen LogP contribution in [0, 0.1) is 0 Å². The third-order valence-corrected chi connectivity index (χ3v) is 6.36. The molecule has 174 valence electrons. The molecule has 1 aliphatic rings. The SMILES string of the molecule is CC(C)(C)c1ccc(/C=C2\SC(=S)N(CCC(=O)Nc3cccc(C(F)(F)F)c3)C2=O)cc1. The van der Waals surface area contributed by atoms with Crippen LogP contribution in [0.4, 0.5) is 18.9 Å². The van der Waals surface area contributed by atoms with Gasteiger partial charge in [0.15, 0.2) is 0 Å². The number of halogens is 3. The Morgan fingerprint density at radius 2 is 1.76 bits per heavy atom. The summed E-state index contributed by atoms with van der Waals surface area (Å²) in [6.07, 6.45) is -2.84. The van der Waals surface area contributed by atoms with E-state index in [9.17, 15) is 22.8 Å². The van der Waals surface area contributed by atoms with Gasteiger partial charge >= 0.3 is 6.18 Å². The predicted octanol–water partition coefficient (Wildman–Crippen LogP) is 6.23. The van der Waals surface area contributed by atoms with E-state index in [2.05, 4.69) is 26.1 Å². The largest absolute Gasteiger partial charge is 0.416 e. The van der Waals surface area contributed by atoms with Crippen LogP contribution in [0.3, 0.4) is 0 Å². The highest BCUT2D eigenvalue weighted by molar-refractivity contribution is 8.26. The van der Waals surface area contributed by atoms with Crippen molar-refractivity contribution in [3.8, 4) is 0 Å². The Morgan fingerprint density at radius 3 is 2.36 bits per heavy atom. The average molecular weight is 493 g/mol. The molecule has 9 heteroatoms. The van der Waals surface area contributed by atoms with Crippen molar-refractivity contribution in [2.24, 2.45) is 0 Å². The van der Waals surface area contributed by atoms with Gasteiger partial charge in [-0.3, -0.25) is 14.5 Å². The van der Waals surface area contributed by atoms with Crippen LogP contribution in [0.1, 0.15) is 43.9 Å². The molecule has 0 saturated carbocycles. The lowest BCUT2D eigenvalue weighted by atomic mass is 9.87. The first-order valence-electron chi connectivity index (χ1n) is 10.2. The number of rotatable bonds is 5. The minimum absolute atomic E-state index is 0.0244. The lowest BCUT2D eigenvalue weighted by molar-refractivity contribution is -0.137. The van der Waals surface area contributed by atoms with Crippen molar-refractivity contribution >= 4 is 51.9 Å². The molecule has 0 radical (unpaired) electrons. The maximum absolute atomic E-state index is 12.8. The number of alkyl halides is 3. The third kappa shape index (κ3) is 6.45. The fourth-order valence-corrected chi connectivity index (χ4v) is 4.44. The molecule has 1 fully saturated rings. The van der Waals surface area contributed by atoms with E-state index in [1.807, 2.05) is 24.3 Å². The molecule has 2 aromatic carbocycles. The Morgan fingerprint density at radius 1 is 1.09 bits per heavy atom. The zero-order valence-electron chi connectivity index (χ0n) is 18.3. The Kier molecular flexibility index (Phi) is 7.33. The first kappa shape index (κ1) is 25.0. The smallest absolute Gasteiger partial charge is 0.326 e. The van der Waals surface area contributed by atoms with Crippen LogP contribution in [-0.2, 0) is 21.2 Å². The molecular weight excluding hydrogens is 469 g/mol. The topological polar surface area (TPSA) is 49.4 Å². The van der Waals surface area contributed by atoms with E-state index in [-0.39, 0.29) is 30.0 Å². The monoisotopic (exact) mass is 492 g/mol. The standard InChI is InChI=1S/C24H23F3N2O2S2/c1-23(2,3)16-9-7-15(8-10-16)13-19-21(31)29(22(32)33-19)12-11-20(30)28-18-6-4-5-17(14-18)24(25,26)27/h4-10,13-14H,11-12H2,1-3H3,(H,28,30)/b19-13-. The fraction of sp³-hybridized carbons (Fsp3) is 0.292.